The highest BCUT2D eigenvalue weighted by atomic mass is 16.1. The van der Waals surface area contributed by atoms with E-state index in [1.807, 2.05) is 18.2 Å². The van der Waals surface area contributed by atoms with Gasteiger partial charge in [-0.1, -0.05) is 49.6 Å². The first-order valence-electron chi connectivity index (χ1n) is 11.9. The van der Waals surface area contributed by atoms with E-state index >= 15 is 0 Å². The maximum atomic E-state index is 12.8. The minimum absolute atomic E-state index is 0.0654. The number of hydrogen-bond acceptors (Lipinski definition) is 3. The molecule has 5 nitrogen and oxygen atoms in total. The molecule has 0 unspecified atom stereocenters. The summed E-state index contributed by atoms with van der Waals surface area (Å²) in [6.45, 7) is 2.08. The molecule has 1 aliphatic heterocycles. The fourth-order valence-corrected chi connectivity index (χ4v) is 5.07. The van der Waals surface area contributed by atoms with Gasteiger partial charge in [0.25, 0.3) is 0 Å². The average molecular weight is 417 g/mol. The summed E-state index contributed by atoms with van der Waals surface area (Å²) in [6, 6.07) is 14.5. The molecule has 31 heavy (non-hydrogen) atoms. The molecule has 0 bridgehead atoms. The molecule has 2 heterocycles. The number of aromatic nitrogens is 2. The molecule has 5 heteroatoms. The van der Waals surface area contributed by atoms with Gasteiger partial charge >= 0.3 is 0 Å². The summed E-state index contributed by atoms with van der Waals surface area (Å²) < 4.78 is 0. The van der Waals surface area contributed by atoms with Gasteiger partial charge in [0.1, 0.15) is 5.82 Å². The van der Waals surface area contributed by atoms with Gasteiger partial charge in [-0.3, -0.25) is 4.79 Å². The molecule has 2 fully saturated rings. The molecule has 2 aliphatic rings. The Morgan fingerprint density at radius 3 is 2.58 bits per heavy atom. The molecule has 1 amide bonds. The van der Waals surface area contributed by atoms with Crippen LogP contribution < -0.4 is 10.2 Å². The van der Waals surface area contributed by atoms with Crippen molar-refractivity contribution in [2.45, 2.75) is 63.7 Å². The molecule has 0 spiro atoms. The lowest BCUT2D eigenvalue weighted by molar-refractivity contribution is -0.116. The molecule has 1 saturated carbocycles. The number of H-pyrrole nitrogens is 1. The summed E-state index contributed by atoms with van der Waals surface area (Å²) in [6.07, 6.45) is 10.0. The third kappa shape index (κ3) is 4.60. The first-order valence-corrected chi connectivity index (χ1v) is 11.9. The Labute approximate surface area is 184 Å². The van der Waals surface area contributed by atoms with E-state index in [9.17, 15) is 4.79 Å². The van der Waals surface area contributed by atoms with E-state index in [4.69, 9.17) is 4.98 Å². The van der Waals surface area contributed by atoms with E-state index in [0.29, 0.717) is 12.3 Å². The fourth-order valence-electron chi connectivity index (χ4n) is 5.07. The van der Waals surface area contributed by atoms with Crippen molar-refractivity contribution in [1.29, 1.82) is 0 Å². The van der Waals surface area contributed by atoms with Crippen LogP contribution >= 0.6 is 0 Å². The number of nitrogens with one attached hydrogen (secondary N) is 2. The highest BCUT2D eigenvalue weighted by molar-refractivity contribution is 5.98. The summed E-state index contributed by atoms with van der Waals surface area (Å²) in [4.78, 5) is 23.7. The summed E-state index contributed by atoms with van der Waals surface area (Å²) in [5.74, 6) is 1.73. The minimum atomic E-state index is 0.0654. The SMILES string of the molecule is O=C(CCc1ccccc1)Nc1cc2[nH]c(C3CCCCC3)nc2cc1N1CCCC1. The average Bonchev–Trinajstić information content (AvgIpc) is 3.48. The number of aromatic amines is 1. The van der Waals surface area contributed by atoms with Gasteiger partial charge in [-0.25, -0.2) is 4.98 Å². The zero-order valence-corrected chi connectivity index (χ0v) is 18.2. The highest BCUT2D eigenvalue weighted by Gasteiger charge is 2.22. The fraction of sp³-hybridized carbons (Fsp3) is 0.462. The number of fused-ring (bicyclic) bond motifs is 1. The summed E-state index contributed by atoms with van der Waals surface area (Å²) in [5, 5.41) is 3.21. The van der Waals surface area contributed by atoms with Crippen molar-refractivity contribution in [3.05, 3.63) is 53.9 Å². The molecule has 0 atom stereocenters. The second kappa shape index (κ2) is 9.13. The molecule has 1 saturated heterocycles. The molecule has 0 radical (unpaired) electrons. The van der Waals surface area contributed by atoms with Crippen LogP contribution in [0, 0.1) is 0 Å². The number of carbonyl (C=O) groups excluding carboxylic acids is 1. The van der Waals surface area contributed by atoms with Crippen molar-refractivity contribution in [2.75, 3.05) is 23.3 Å². The molecule has 1 aromatic heterocycles. The monoisotopic (exact) mass is 416 g/mol. The van der Waals surface area contributed by atoms with Gasteiger partial charge in [0.15, 0.2) is 0 Å². The van der Waals surface area contributed by atoms with Crippen LogP contribution in [-0.4, -0.2) is 29.0 Å². The molecule has 162 valence electrons. The van der Waals surface area contributed by atoms with Gasteiger partial charge in [0, 0.05) is 25.4 Å². The molecule has 5 rings (SSSR count). The molecule has 2 aromatic carbocycles. The van der Waals surface area contributed by atoms with Crippen LogP contribution in [0.2, 0.25) is 0 Å². The summed E-state index contributed by atoms with van der Waals surface area (Å²) in [5.41, 5.74) is 5.26. The smallest absolute Gasteiger partial charge is 0.224 e. The molecule has 1 aliphatic carbocycles. The van der Waals surface area contributed by atoms with E-state index in [0.717, 1.165) is 47.7 Å². The van der Waals surface area contributed by atoms with Crippen molar-refractivity contribution in [3.8, 4) is 0 Å². The number of hydrogen-bond donors (Lipinski definition) is 2. The predicted molar refractivity (Wildman–Crippen MR) is 127 cm³/mol. The number of benzene rings is 2. The van der Waals surface area contributed by atoms with Gasteiger partial charge in [0.05, 0.1) is 22.4 Å². The third-order valence-electron chi connectivity index (χ3n) is 6.81. The lowest BCUT2D eigenvalue weighted by Gasteiger charge is -2.21. The summed E-state index contributed by atoms with van der Waals surface area (Å²) >= 11 is 0. The van der Waals surface area contributed by atoms with Crippen molar-refractivity contribution in [2.24, 2.45) is 0 Å². The zero-order valence-electron chi connectivity index (χ0n) is 18.2. The molecular formula is C26H32N4O. The highest BCUT2D eigenvalue weighted by Crippen LogP contribution is 2.36. The van der Waals surface area contributed by atoms with Gasteiger partial charge in [0.2, 0.25) is 5.91 Å². The van der Waals surface area contributed by atoms with E-state index in [1.54, 1.807) is 0 Å². The van der Waals surface area contributed by atoms with Crippen LogP contribution in [0.25, 0.3) is 11.0 Å². The minimum Gasteiger partial charge on any atom is -0.370 e. The number of amides is 1. The molecular weight excluding hydrogens is 384 g/mol. The Bertz CT molecular complexity index is 1030. The van der Waals surface area contributed by atoms with Gasteiger partial charge in [-0.05, 0) is 49.8 Å². The van der Waals surface area contributed by atoms with E-state index in [1.165, 1.54) is 50.5 Å². The zero-order chi connectivity index (χ0) is 21.0. The third-order valence-corrected chi connectivity index (χ3v) is 6.81. The number of nitrogens with zero attached hydrogens (tertiary/aromatic N) is 2. The molecule has 2 N–H and O–H groups in total. The Kier molecular flexibility index (Phi) is 5.92. The number of aryl methyl sites for hydroxylation is 1. The lowest BCUT2D eigenvalue weighted by atomic mass is 9.89. The Morgan fingerprint density at radius 1 is 1.03 bits per heavy atom. The second-order valence-corrected chi connectivity index (χ2v) is 9.07. The number of carbonyl (C=O) groups is 1. The number of rotatable bonds is 6. The Hall–Kier alpha value is -2.82. The van der Waals surface area contributed by atoms with Gasteiger partial charge in [-0.2, -0.15) is 0 Å². The van der Waals surface area contributed by atoms with Crippen LogP contribution in [0.3, 0.4) is 0 Å². The van der Waals surface area contributed by atoms with Crippen LogP contribution in [0.1, 0.15) is 68.7 Å². The van der Waals surface area contributed by atoms with Crippen LogP contribution in [0.5, 0.6) is 0 Å². The number of anilines is 2. The summed E-state index contributed by atoms with van der Waals surface area (Å²) in [7, 11) is 0. The quantitative estimate of drug-likeness (QED) is 0.535. The Morgan fingerprint density at radius 2 is 1.81 bits per heavy atom. The number of imidazole rings is 1. The molecule has 3 aromatic rings. The van der Waals surface area contributed by atoms with Gasteiger partial charge in [-0.15, -0.1) is 0 Å². The van der Waals surface area contributed by atoms with E-state index in [2.05, 4.69) is 39.5 Å². The predicted octanol–water partition coefficient (Wildman–Crippen LogP) is 5.78. The largest absolute Gasteiger partial charge is 0.370 e. The van der Waals surface area contributed by atoms with E-state index in [-0.39, 0.29) is 5.91 Å². The topological polar surface area (TPSA) is 61.0 Å². The van der Waals surface area contributed by atoms with Crippen molar-refractivity contribution in [3.63, 3.8) is 0 Å². The van der Waals surface area contributed by atoms with Crippen LogP contribution in [0.15, 0.2) is 42.5 Å². The van der Waals surface area contributed by atoms with Crippen molar-refractivity contribution >= 4 is 28.3 Å². The maximum absolute atomic E-state index is 12.8. The first kappa shape index (κ1) is 20.1. The maximum Gasteiger partial charge on any atom is 0.224 e. The van der Waals surface area contributed by atoms with Crippen molar-refractivity contribution < 1.29 is 4.79 Å². The standard InChI is InChI=1S/C26H32N4O/c31-25(14-13-19-9-3-1-4-10-19)27-23-17-21-22(18-24(23)30-15-7-8-16-30)29-26(28-21)20-11-5-2-6-12-20/h1,3-4,9-10,17-18,20H,2,5-8,11-16H2,(H,27,31)(H,28,29). The van der Waals surface area contributed by atoms with Crippen LogP contribution in [-0.2, 0) is 11.2 Å². The normalized spacial score (nSPS) is 17.4. The lowest BCUT2D eigenvalue weighted by Crippen LogP contribution is -2.21. The van der Waals surface area contributed by atoms with Crippen LogP contribution in [0.4, 0.5) is 11.4 Å². The van der Waals surface area contributed by atoms with E-state index < -0.39 is 0 Å². The Balaban J connectivity index is 1.39. The second-order valence-electron chi connectivity index (χ2n) is 9.07. The van der Waals surface area contributed by atoms with Gasteiger partial charge < -0.3 is 15.2 Å². The first-order chi connectivity index (χ1) is 15.3. The van der Waals surface area contributed by atoms with Crippen molar-refractivity contribution in [1.82, 2.24) is 9.97 Å².